The third-order valence-electron chi connectivity index (χ3n) is 4.11. The summed E-state index contributed by atoms with van der Waals surface area (Å²) in [6.45, 7) is 1.29. The molecule has 1 heterocycles. The van der Waals surface area contributed by atoms with Crippen molar-refractivity contribution in [3.63, 3.8) is 0 Å². The number of ether oxygens (including phenoxy) is 1. The van der Waals surface area contributed by atoms with Crippen LogP contribution in [0.5, 0.6) is 0 Å². The number of hydrogen-bond acceptors (Lipinski definition) is 4. The molecule has 118 valence electrons. The molecule has 1 aromatic heterocycles. The maximum absolute atomic E-state index is 12.0. The maximum atomic E-state index is 12.0. The summed E-state index contributed by atoms with van der Waals surface area (Å²) in [5, 5.41) is 12.8. The fraction of sp³-hybridized carbons (Fsp3) is 0.353. The van der Waals surface area contributed by atoms with Crippen molar-refractivity contribution in [1.29, 1.82) is 5.26 Å². The van der Waals surface area contributed by atoms with E-state index in [0.29, 0.717) is 5.69 Å². The number of esters is 1. The molecule has 3 rings (SSSR count). The zero-order valence-corrected chi connectivity index (χ0v) is 12.8. The Morgan fingerprint density at radius 3 is 2.83 bits per heavy atom. The monoisotopic (exact) mass is 311 g/mol. The Bertz CT molecular complexity index is 768. The molecule has 0 spiro atoms. The molecule has 0 bridgehead atoms. The van der Waals surface area contributed by atoms with Crippen LogP contribution in [0, 0.1) is 17.2 Å². The molecule has 1 atom stereocenters. The second kappa shape index (κ2) is 5.76. The van der Waals surface area contributed by atoms with Gasteiger partial charge in [0.2, 0.25) is 0 Å². The van der Waals surface area contributed by atoms with E-state index in [0.717, 1.165) is 23.7 Å². The molecular formula is C17H17N3O3. The zero-order chi connectivity index (χ0) is 16.4. The molecule has 2 aromatic rings. The van der Waals surface area contributed by atoms with Gasteiger partial charge in [-0.15, -0.1) is 0 Å². The maximum Gasteiger partial charge on any atom is 0.355 e. The van der Waals surface area contributed by atoms with Gasteiger partial charge in [-0.2, -0.15) is 5.26 Å². The van der Waals surface area contributed by atoms with Crippen LogP contribution in [0.4, 0.5) is 0 Å². The minimum atomic E-state index is -0.884. The molecule has 1 saturated carbocycles. The lowest BCUT2D eigenvalue weighted by Crippen LogP contribution is -2.48. The van der Waals surface area contributed by atoms with Crippen molar-refractivity contribution in [3.8, 4) is 6.07 Å². The number of nitrogens with one attached hydrogen (secondary N) is 2. The third-order valence-corrected chi connectivity index (χ3v) is 4.11. The molecule has 1 fully saturated rings. The van der Waals surface area contributed by atoms with Crippen LogP contribution in [0.2, 0.25) is 0 Å². The smallest absolute Gasteiger partial charge is 0.355 e. The number of hydrogen-bond donors (Lipinski definition) is 2. The van der Waals surface area contributed by atoms with E-state index in [1.807, 2.05) is 24.3 Å². The van der Waals surface area contributed by atoms with Crippen LogP contribution in [0.3, 0.4) is 0 Å². The lowest BCUT2D eigenvalue weighted by Gasteiger charge is -2.22. The van der Waals surface area contributed by atoms with Crippen LogP contribution in [0.15, 0.2) is 30.3 Å². The summed E-state index contributed by atoms with van der Waals surface area (Å²) in [5.74, 6) is -0.882. The molecule has 1 aliphatic carbocycles. The minimum absolute atomic E-state index is 0.181. The summed E-state index contributed by atoms with van der Waals surface area (Å²) in [4.78, 5) is 26.9. The van der Waals surface area contributed by atoms with Crippen LogP contribution >= 0.6 is 0 Å². The highest BCUT2D eigenvalue weighted by Gasteiger charge is 2.43. The van der Waals surface area contributed by atoms with Gasteiger partial charge in [0, 0.05) is 10.9 Å². The predicted molar refractivity (Wildman–Crippen MR) is 83.5 cm³/mol. The Morgan fingerprint density at radius 2 is 2.17 bits per heavy atom. The largest absolute Gasteiger partial charge is 0.451 e. The summed E-state index contributed by atoms with van der Waals surface area (Å²) in [6.07, 6.45) is 1.86. The van der Waals surface area contributed by atoms with E-state index in [1.54, 1.807) is 13.0 Å². The second-order valence-corrected chi connectivity index (χ2v) is 5.98. The number of amides is 1. The van der Waals surface area contributed by atoms with Crippen molar-refractivity contribution in [2.24, 2.45) is 5.92 Å². The van der Waals surface area contributed by atoms with E-state index in [-0.39, 0.29) is 5.92 Å². The predicted octanol–water partition coefficient (Wildman–Crippen LogP) is 2.13. The van der Waals surface area contributed by atoms with Gasteiger partial charge >= 0.3 is 5.97 Å². The number of para-hydroxylation sites is 1. The SMILES string of the molecule is C[C@](C#N)(NC(=O)COC(=O)c1cc2ccccc2[nH]1)C1CC1. The van der Waals surface area contributed by atoms with E-state index in [9.17, 15) is 14.9 Å². The van der Waals surface area contributed by atoms with Crippen molar-refractivity contribution in [1.82, 2.24) is 10.3 Å². The van der Waals surface area contributed by atoms with E-state index in [1.165, 1.54) is 0 Å². The van der Waals surface area contributed by atoms with Crippen LogP contribution in [-0.4, -0.2) is 29.0 Å². The number of fused-ring (bicyclic) bond motifs is 1. The normalized spacial score (nSPS) is 16.3. The number of aromatic amines is 1. The van der Waals surface area contributed by atoms with Crippen LogP contribution in [0.25, 0.3) is 10.9 Å². The quantitative estimate of drug-likeness (QED) is 0.827. The number of rotatable bonds is 5. The average Bonchev–Trinajstić information content (AvgIpc) is 3.32. The lowest BCUT2D eigenvalue weighted by molar-refractivity contribution is -0.125. The number of benzene rings is 1. The highest BCUT2D eigenvalue weighted by atomic mass is 16.5. The Labute approximate surface area is 133 Å². The first-order valence-corrected chi connectivity index (χ1v) is 7.49. The number of H-pyrrole nitrogens is 1. The molecule has 0 radical (unpaired) electrons. The van der Waals surface area contributed by atoms with Gasteiger partial charge in [-0.25, -0.2) is 4.79 Å². The number of aromatic nitrogens is 1. The average molecular weight is 311 g/mol. The number of carbonyl (C=O) groups is 2. The molecule has 6 heteroatoms. The standard InChI is InChI=1S/C17H17N3O3/c1-17(10-18,12-6-7-12)20-15(21)9-23-16(22)14-8-11-4-2-3-5-13(11)19-14/h2-5,8,12,19H,6-7,9H2,1H3,(H,20,21)/t17-/m1/s1. The van der Waals surface area contributed by atoms with Gasteiger partial charge in [0.05, 0.1) is 6.07 Å². The second-order valence-electron chi connectivity index (χ2n) is 5.98. The van der Waals surface area contributed by atoms with Crippen molar-refractivity contribution >= 4 is 22.8 Å². The van der Waals surface area contributed by atoms with Crippen LogP contribution in [0.1, 0.15) is 30.3 Å². The first kappa shape index (κ1) is 15.1. The van der Waals surface area contributed by atoms with Crippen molar-refractivity contribution in [2.75, 3.05) is 6.61 Å². The third kappa shape index (κ3) is 3.19. The summed E-state index contributed by atoms with van der Waals surface area (Å²) < 4.78 is 5.02. The Morgan fingerprint density at radius 1 is 1.43 bits per heavy atom. The zero-order valence-electron chi connectivity index (χ0n) is 12.8. The Kier molecular flexibility index (Phi) is 3.78. The van der Waals surface area contributed by atoms with Gasteiger partial charge < -0.3 is 15.0 Å². The van der Waals surface area contributed by atoms with Crippen LogP contribution < -0.4 is 5.32 Å². The summed E-state index contributed by atoms with van der Waals surface area (Å²) in [5.41, 5.74) is 0.240. The molecular weight excluding hydrogens is 294 g/mol. The summed E-state index contributed by atoms with van der Waals surface area (Å²) >= 11 is 0. The molecule has 1 amide bonds. The van der Waals surface area contributed by atoms with Crippen molar-refractivity contribution < 1.29 is 14.3 Å². The minimum Gasteiger partial charge on any atom is -0.451 e. The van der Waals surface area contributed by atoms with Gasteiger partial charge in [0.1, 0.15) is 11.2 Å². The lowest BCUT2D eigenvalue weighted by atomic mass is 9.98. The molecule has 0 unspecified atom stereocenters. The molecule has 23 heavy (non-hydrogen) atoms. The fourth-order valence-corrected chi connectivity index (χ4v) is 2.60. The number of nitriles is 1. The molecule has 0 saturated heterocycles. The highest BCUT2D eigenvalue weighted by molar-refractivity contribution is 5.95. The first-order chi connectivity index (χ1) is 11.0. The highest BCUT2D eigenvalue weighted by Crippen LogP contribution is 2.39. The van der Waals surface area contributed by atoms with E-state index < -0.39 is 24.0 Å². The molecule has 2 N–H and O–H groups in total. The topological polar surface area (TPSA) is 95.0 Å². The van der Waals surface area contributed by atoms with Gasteiger partial charge in [-0.1, -0.05) is 18.2 Å². The molecule has 1 aromatic carbocycles. The number of nitrogens with zero attached hydrogens (tertiary/aromatic N) is 1. The Hall–Kier alpha value is -2.81. The van der Waals surface area contributed by atoms with E-state index in [4.69, 9.17) is 4.74 Å². The van der Waals surface area contributed by atoms with Gasteiger partial charge in [-0.3, -0.25) is 4.79 Å². The van der Waals surface area contributed by atoms with Gasteiger partial charge in [0.15, 0.2) is 6.61 Å². The molecule has 1 aliphatic rings. The molecule has 6 nitrogen and oxygen atoms in total. The van der Waals surface area contributed by atoms with E-state index in [2.05, 4.69) is 16.4 Å². The summed E-state index contributed by atoms with van der Waals surface area (Å²) in [7, 11) is 0. The van der Waals surface area contributed by atoms with Gasteiger partial charge in [0.25, 0.3) is 5.91 Å². The Balaban J connectivity index is 1.58. The van der Waals surface area contributed by atoms with Gasteiger partial charge in [-0.05, 0) is 37.8 Å². The van der Waals surface area contributed by atoms with E-state index >= 15 is 0 Å². The van der Waals surface area contributed by atoms with Crippen molar-refractivity contribution in [3.05, 3.63) is 36.0 Å². The molecule has 0 aliphatic heterocycles. The fourth-order valence-electron chi connectivity index (χ4n) is 2.60. The summed E-state index contributed by atoms with van der Waals surface area (Å²) in [6, 6.07) is 11.3. The first-order valence-electron chi connectivity index (χ1n) is 7.49. The van der Waals surface area contributed by atoms with Crippen molar-refractivity contribution in [2.45, 2.75) is 25.3 Å². The number of carbonyl (C=O) groups excluding carboxylic acids is 2. The van der Waals surface area contributed by atoms with Crippen LogP contribution in [-0.2, 0) is 9.53 Å².